The monoisotopic (exact) mass is 393 g/mol. The maximum Gasteiger partial charge on any atom is 0.293 e. The molecule has 0 amide bonds. The maximum atomic E-state index is 13.7. The van der Waals surface area contributed by atoms with Gasteiger partial charge in [0.2, 0.25) is 10.0 Å². The van der Waals surface area contributed by atoms with Crippen LogP contribution in [0, 0.1) is 21.8 Å². The van der Waals surface area contributed by atoms with Crippen molar-refractivity contribution in [3.63, 3.8) is 0 Å². The topological polar surface area (TPSA) is 92.6 Å². The van der Waals surface area contributed by atoms with Crippen LogP contribution in [0.4, 0.5) is 15.8 Å². The van der Waals surface area contributed by atoms with Crippen LogP contribution in [0.3, 0.4) is 0 Å². The van der Waals surface area contributed by atoms with Crippen LogP contribution in [0.15, 0.2) is 47.4 Å². The molecule has 2 aromatic rings. The average molecular weight is 393 g/mol. The summed E-state index contributed by atoms with van der Waals surface area (Å²) in [6.45, 7) is 2.57. The first kappa shape index (κ1) is 19.2. The van der Waals surface area contributed by atoms with Crippen molar-refractivity contribution in [2.24, 2.45) is 5.92 Å². The second-order valence-corrected chi connectivity index (χ2v) is 8.46. The number of hydrogen-bond donors (Lipinski definition) is 1. The van der Waals surface area contributed by atoms with Gasteiger partial charge in [0.05, 0.1) is 15.9 Å². The smallest absolute Gasteiger partial charge is 0.293 e. The molecule has 1 saturated heterocycles. The maximum absolute atomic E-state index is 13.7. The molecule has 1 fully saturated rings. The molecule has 144 valence electrons. The zero-order valence-corrected chi connectivity index (χ0v) is 15.7. The predicted octanol–water partition coefficient (Wildman–Crippen LogP) is 3.23. The van der Waals surface area contributed by atoms with E-state index in [1.54, 1.807) is 12.1 Å². The molecule has 3 rings (SSSR count). The lowest BCUT2D eigenvalue weighted by molar-refractivity contribution is -0.384. The van der Waals surface area contributed by atoms with Crippen molar-refractivity contribution < 1.29 is 17.7 Å². The predicted molar refractivity (Wildman–Crippen MR) is 99.6 cm³/mol. The average Bonchev–Trinajstić information content (AvgIpc) is 3.02. The summed E-state index contributed by atoms with van der Waals surface area (Å²) in [5.41, 5.74) is 0.775. The Hall–Kier alpha value is -2.52. The van der Waals surface area contributed by atoms with E-state index >= 15 is 0 Å². The van der Waals surface area contributed by atoms with Gasteiger partial charge in [-0.3, -0.25) is 10.1 Å². The van der Waals surface area contributed by atoms with E-state index in [4.69, 9.17) is 0 Å². The highest BCUT2D eigenvalue weighted by molar-refractivity contribution is 7.89. The van der Waals surface area contributed by atoms with Crippen LogP contribution >= 0.6 is 0 Å². The Morgan fingerprint density at radius 3 is 2.63 bits per heavy atom. The van der Waals surface area contributed by atoms with E-state index in [2.05, 4.69) is 4.72 Å². The van der Waals surface area contributed by atoms with Gasteiger partial charge < -0.3 is 4.90 Å². The third kappa shape index (κ3) is 3.65. The van der Waals surface area contributed by atoms with Gasteiger partial charge in [-0.05, 0) is 49.2 Å². The number of hydrogen-bond acceptors (Lipinski definition) is 5. The fraction of sp³-hybridized carbons (Fsp3) is 0.333. The largest absolute Gasteiger partial charge is 0.359 e. The molecule has 2 aromatic carbocycles. The number of nitrogens with one attached hydrogen (secondary N) is 1. The standard InChI is InChI=1S/C18H20FN3O4S/c1-12-8-9-21(18(12)13-4-3-5-14(19)10-13)16-7-6-15(27(25,26)20-2)11-17(16)22(23)24/h3-7,10-12,18,20H,8-9H2,1-2H3. The molecule has 1 aliphatic heterocycles. The summed E-state index contributed by atoms with van der Waals surface area (Å²) in [7, 11) is -2.55. The first-order valence-electron chi connectivity index (χ1n) is 8.48. The fourth-order valence-corrected chi connectivity index (χ4v) is 4.34. The first-order chi connectivity index (χ1) is 12.7. The van der Waals surface area contributed by atoms with Crippen LogP contribution in [-0.4, -0.2) is 26.9 Å². The fourth-order valence-electron chi connectivity index (χ4n) is 3.59. The summed E-state index contributed by atoms with van der Waals surface area (Å²) in [4.78, 5) is 12.7. The highest BCUT2D eigenvalue weighted by Crippen LogP contribution is 2.44. The second-order valence-electron chi connectivity index (χ2n) is 6.57. The van der Waals surface area contributed by atoms with Gasteiger partial charge in [0, 0.05) is 12.6 Å². The van der Waals surface area contributed by atoms with E-state index in [0.717, 1.165) is 18.1 Å². The minimum Gasteiger partial charge on any atom is -0.359 e. The summed E-state index contributed by atoms with van der Waals surface area (Å²) in [6.07, 6.45) is 0.787. The van der Waals surface area contributed by atoms with Gasteiger partial charge in [-0.1, -0.05) is 19.1 Å². The lowest BCUT2D eigenvalue weighted by Gasteiger charge is -2.29. The molecule has 2 atom stereocenters. The van der Waals surface area contributed by atoms with Crippen molar-refractivity contribution >= 4 is 21.4 Å². The van der Waals surface area contributed by atoms with Crippen LogP contribution in [0.25, 0.3) is 0 Å². The number of nitro benzene ring substituents is 1. The van der Waals surface area contributed by atoms with Crippen LogP contribution in [-0.2, 0) is 10.0 Å². The molecule has 9 heteroatoms. The molecular weight excluding hydrogens is 373 g/mol. The van der Waals surface area contributed by atoms with E-state index in [9.17, 15) is 22.9 Å². The van der Waals surface area contributed by atoms with Gasteiger partial charge in [-0.2, -0.15) is 0 Å². The summed E-state index contributed by atoms with van der Waals surface area (Å²) in [5.74, 6) is -0.205. The zero-order valence-electron chi connectivity index (χ0n) is 14.9. The number of rotatable bonds is 5. The number of anilines is 1. The summed E-state index contributed by atoms with van der Waals surface area (Å²) in [6, 6.07) is 9.84. The van der Waals surface area contributed by atoms with E-state index in [1.165, 1.54) is 31.3 Å². The molecule has 2 unspecified atom stereocenters. The van der Waals surface area contributed by atoms with E-state index in [1.807, 2.05) is 11.8 Å². The Labute approximate surface area is 157 Å². The molecular formula is C18H20FN3O4S. The van der Waals surface area contributed by atoms with E-state index in [-0.39, 0.29) is 28.4 Å². The van der Waals surface area contributed by atoms with Crippen molar-refractivity contribution in [2.45, 2.75) is 24.3 Å². The molecule has 1 N–H and O–H groups in total. The Morgan fingerprint density at radius 1 is 1.26 bits per heavy atom. The normalized spacial score (nSPS) is 20.0. The van der Waals surface area contributed by atoms with Crippen molar-refractivity contribution in [2.75, 3.05) is 18.5 Å². The third-order valence-corrected chi connectivity index (χ3v) is 6.33. The van der Waals surface area contributed by atoms with Gasteiger partial charge in [0.25, 0.3) is 5.69 Å². The highest BCUT2D eigenvalue weighted by atomic mass is 32.2. The number of benzene rings is 2. The number of halogens is 1. The van der Waals surface area contributed by atoms with Gasteiger partial charge in [0.1, 0.15) is 11.5 Å². The van der Waals surface area contributed by atoms with E-state index < -0.39 is 14.9 Å². The molecule has 0 aromatic heterocycles. The Kier molecular flexibility index (Phi) is 5.16. The molecule has 0 radical (unpaired) electrons. The lowest BCUT2D eigenvalue weighted by atomic mass is 9.95. The Bertz CT molecular complexity index is 980. The van der Waals surface area contributed by atoms with Crippen molar-refractivity contribution in [3.8, 4) is 0 Å². The van der Waals surface area contributed by atoms with Crippen LogP contribution in [0.5, 0.6) is 0 Å². The lowest BCUT2D eigenvalue weighted by Crippen LogP contribution is -2.26. The number of nitrogens with zero attached hydrogens (tertiary/aromatic N) is 2. The van der Waals surface area contributed by atoms with Crippen molar-refractivity contribution in [1.82, 2.24) is 4.72 Å². The van der Waals surface area contributed by atoms with Gasteiger partial charge >= 0.3 is 0 Å². The molecule has 0 saturated carbocycles. The van der Waals surface area contributed by atoms with Crippen LogP contribution in [0.2, 0.25) is 0 Å². The SMILES string of the molecule is CNS(=O)(=O)c1ccc(N2CCC(C)C2c2cccc(F)c2)c([N+](=O)[O-])c1. The van der Waals surface area contributed by atoms with Gasteiger partial charge in [-0.25, -0.2) is 17.5 Å². The molecule has 0 bridgehead atoms. The second kappa shape index (κ2) is 7.24. The molecule has 7 nitrogen and oxygen atoms in total. The summed E-state index contributed by atoms with van der Waals surface area (Å²) >= 11 is 0. The van der Waals surface area contributed by atoms with Crippen molar-refractivity contribution in [1.29, 1.82) is 0 Å². The van der Waals surface area contributed by atoms with E-state index in [0.29, 0.717) is 12.2 Å². The quantitative estimate of drug-likeness (QED) is 0.622. The summed E-state index contributed by atoms with van der Waals surface area (Å²) in [5, 5.41) is 11.6. The number of nitro groups is 1. The minimum atomic E-state index is -3.80. The highest BCUT2D eigenvalue weighted by Gasteiger charge is 2.36. The minimum absolute atomic E-state index is 0.159. The Balaban J connectivity index is 2.10. The van der Waals surface area contributed by atoms with Crippen LogP contribution < -0.4 is 9.62 Å². The first-order valence-corrected chi connectivity index (χ1v) is 9.97. The number of sulfonamides is 1. The van der Waals surface area contributed by atoms with Gasteiger partial charge in [-0.15, -0.1) is 0 Å². The van der Waals surface area contributed by atoms with Gasteiger partial charge in [0.15, 0.2) is 0 Å². The Morgan fingerprint density at radius 2 is 2.00 bits per heavy atom. The molecule has 1 heterocycles. The molecule has 1 aliphatic rings. The van der Waals surface area contributed by atoms with Crippen LogP contribution in [0.1, 0.15) is 24.9 Å². The zero-order chi connectivity index (χ0) is 19.8. The molecule has 27 heavy (non-hydrogen) atoms. The molecule has 0 aliphatic carbocycles. The molecule has 0 spiro atoms. The summed E-state index contributed by atoms with van der Waals surface area (Å²) < 4.78 is 39.9. The van der Waals surface area contributed by atoms with Crippen molar-refractivity contribution in [3.05, 3.63) is 64.0 Å². The third-order valence-electron chi connectivity index (χ3n) is 4.92.